The van der Waals surface area contributed by atoms with Crippen LogP contribution < -0.4 is 0 Å². The van der Waals surface area contributed by atoms with E-state index in [1.165, 1.54) is 0 Å². The van der Waals surface area contributed by atoms with Gasteiger partial charge in [-0.1, -0.05) is 39.0 Å². The summed E-state index contributed by atoms with van der Waals surface area (Å²) in [4.78, 5) is 0.218. The third kappa shape index (κ3) is 3.16. The van der Waals surface area contributed by atoms with Gasteiger partial charge in [-0.3, -0.25) is 0 Å². The van der Waals surface area contributed by atoms with Crippen molar-refractivity contribution in [2.45, 2.75) is 63.7 Å². The van der Waals surface area contributed by atoms with Crippen molar-refractivity contribution in [1.29, 1.82) is 0 Å². The zero-order valence-electron chi connectivity index (χ0n) is 16.4. The molecule has 3 N–H and O–H groups in total. The molecule has 1 aromatic carbocycles. The molecule has 0 aliphatic heterocycles. The molecule has 3 rings (SSSR count). The molecule has 0 amide bonds. The van der Waals surface area contributed by atoms with Gasteiger partial charge < -0.3 is 15.3 Å². The normalized spacial score (nSPS) is 36.4. The fourth-order valence-electron chi connectivity index (χ4n) is 5.40. The summed E-state index contributed by atoms with van der Waals surface area (Å²) < 4.78 is 26.1. The van der Waals surface area contributed by atoms with E-state index in [9.17, 15) is 23.7 Å². The first-order valence-electron chi connectivity index (χ1n) is 9.45. The number of aliphatic hydroxyl groups is 3. The highest BCUT2D eigenvalue weighted by atomic mass is 32.2. The van der Waals surface area contributed by atoms with Crippen LogP contribution >= 0.6 is 0 Å². The number of fused-ring (bicyclic) bond motifs is 1. The summed E-state index contributed by atoms with van der Waals surface area (Å²) in [6.45, 7) is 7.54. The minimum atomic E-state index is -3.64. The van der Waals surface area contributed by atoms with Gasteiger partial charge in [0.2, 0.25) is 0 Å². The van der Waals surface area contributed by atoms with Gasteiger partial charge in [0.15, 0.2) is 9.84 Å². The summed E-state index contributed by atoms with van der Waals surface area (Å²) in [6.07, 6.45) is -1.70. The Kier molecular flexibility index (Phi) is 5.09. The Morgan fingerprint density at radius 2 is 1.67 bits per heavy atom. The summed E-state index contributed by atoms with van der Waals surface area (Å²) in [7, 11) is -3.64. The molecule has 6 heteroatoms. The van der Waals surface area contributed by atoms with Gasteiger partial charge in [-0.25, -0.2) is 8.42 Å². The van der Waals surface area contributed by atoms with Gasteiger partial charge in [-0.2, -0.15) is 0 Å². The predicted molar refractivity (Wildman–Crippen MR) is 104 cm³/mol. The lowest BCUT2D eigenvalue weighted by Crippen LogP contribution is -2.62. The molecular formula is C21H30O5S. The first-order valence-corrected chi connectivity index (χ1v) is 11.1. The molecule has 1 fully saturated rings. The molecule has 5 nitrogen and oxygen atoms in total. The number of hydrogen-bond acceptors (Lipinski definition) is 5. The summed E-state index contributed by atoms with van der Waals surface area (Å²) >= 11 is 0. The van der Waals surface area contributed by atoms with E-state index in [-0.39, 0.29) is 16.1 Å². The predicted octanol–water partition coefficient (Wildman–Crippen LogP) is 2.32. The topological polar surface area (TPSA) is 94.8 Å². The van der Waals surface area contributed by atoms with Crippen molar-refractivity contribution in [2.24, 2.45) is 16.7 Å². The van der Waals surface area contributed by atoms with Crippen LogP contribution in [0.15, 0.2) is 46.4 Å². The molecule has 2 aliphatic rings. The van der Waals surface area contributed by atoms with Crippen LogP contribution in [0.3, 0.4) is 0 Å². The quantitative estimate of drug-likeness (QED) is 0.684. The molecule has 0 unspecified atom stereocenters. The highest BCUT2D eigenvalue weighted by Crippen LogP contribution is 2.59. The lowest BCUT2D eigenvalue weighted by atomic mass is 9.48. The van der Waals surface area contributed by atoms with Gasteiger partial charge in [0.1, 0.15) is 6.10 Å². The van der Waals surface area contributed by atoms with Crippen molar-refractivity contribution in [1.82, 2.24) is 0 Å². The molecule has 0 radical (unpaired) electrons. The summed E-state index contributed by atoms with van der Waals surface area (Å²) in [5, 5.41) is 32.5. The molecule has 0 aromatic heterocycles. The third-order valence-electron chi connectivity index (χ3n) is 6.91. The Morgan fingerprint density at radius 3 is 2.26 bits per heavy atom. The molecule has 0 heterocycles. The van der Waals surface area contributed by atoms with Gasteiger partial charge in [-0.05, 0) is 48.5 Å². The fourth-order valence-corrected chi connectivity index (χ4v) is 7.06. The first kappa shape index (κ1) is 20.5. The highest BCUT2D eigenvalue weighted by Gasteiger charge is 2.60. The second kappa shape index (κ2) is 6.69. The third-order valence-corrected chi connectivity index (χ3v) is 8.57. The van der Waals surface area contributed by atoms with Gasteiger partial charge in [0.05, 0.1) is 22.9 Å². The molecule has 0 spiro atoms. The van der Waals surface area contributed by atoms with Crippen LogP contribution in [0.4, 0.5) is 0 Å². The zero-order valence-corrected chi connectivity index (χ0v) is 17.2. The number of hydrogen-bond donors (Lipinski definition) is 3. The summed E-state index contributed by atoms with van der Waals surface area (Å²) in [6, 6.07) is 8.23. The SMILES string of the molecule is CC1=C(CS(=O)(=O)c2ccccc2)[C@@]2(C)[C@H](O)CCC(C)(C)[C@@H]2[C@H](O)[C@@H]1O. The smallest absolute Gasteiger partial charge is 0.182 e. The van der Waals surface area contributed by atoms with Crippen molar-refractivity contribution >= 4 is 9.84 Å². The summed E-state index contributed by atoms with van der Waals surface area (Å²) in [5.41, 5.74) is -0.254. The van der Waals surface area contributed by atoms with Gasteiger partial charge >= 0.3 is 0 Å². The average Bonchev–Trinajstić information content (AvgIpc) is 2.61. The van der Waals surface area contributed by atoms with Crippen LogP contribution in [0.5, 0.6) is 0 Å². The minimum Gasteiger partial charge on any atom is -0.392 e. The van der Waals surface area contributed by atoms with E-state index in [1.807, 2.05) is 20.8 Å². The molecular weight excluding hydrogens is 364 g/mol. The van der Waals surface area contributed by atoms with E-state index >= 15 is 0 Å². The number of aliphatic hydroxyl groups excluding tert-OH is 3. The van der Waals surface area contributed by atoms with Crippen molar-refractivity contribution in [3.63, 3.8) is 0 Å². The molecule has 150 valence electrons. The molecule has 0 saturated heterocycles. The Hall–Kier alpha value is -1.21. The Balaban J connectivity index is 2.15. The van der Waals surface area contributed by atoms with E-state index in [0.717, 1.165) is 0 Å². The molecule has 1 saturated carbocycles. The average molecular weight is 395 g/mol. The van der Waals surface area contributed by atoms with Crippen LogP contribution in [-0.4, -0.2) is 47.8 Å². The largest absolute Gasteiger partial charge is 0.392 e. The molecule has 1 aromatic rings. The van der Waals surface area contributed by atoms with E-state index in [1.54, 1.807) is 37.3 Å². The van der Waals surface area contributed by atoms with Crippen LogP contribution in [0.25, 0.3) is 0 Å². The van der Waals surface area contributed by atoms with E-state index < -0.39 is 39.5 Å². The van der Waals surface area contributed by atoms with Crippen molar-refractivity contribution in [3.8, 4) is 0 Å². The lowest BCUT2D eigenvalue weighted by molar-refractivity contribution is -0.157. The second-order valence-electron chi connectivity index (χ2n) is 8.97. The van der Waals surface area contributed by atoms with Crippen LogP contribution in [0, 0.1) is 16.7 Å². The Bertz CT molecular complexity index is 843. The van der Waals surface area contributed by atoms with Gasteiger partial charge in [-0.15, -0.1) is 0 Å². The Labute approximate surface area is 161 Å². The van der Waals surface area contributed by atoms with Crippen LogP contribution in [0.1, 0.15) is 40.5 Å². The van der Waals surface area contributed by atoms with Crippen molar-refractivity contribution in [2.75, 3.05) is 5.75 Å². The van der Waals surface area contributed by atoms with Crippen molar-refractivity contribution in [3.05, 3.63) is 41.5 Å². The highest BCUT2D eigenvalue weighted by molar-refractivity contribution is 7.91. The molecule has 0 bridgehead atoms. The van der Waals surface area contributed by atoms with E-state index in [0.29, 0.717) is 24.0 Å². The fraction of sp³-hybridized carbons (Fsp3) is 0.619. The Morgan fingerprint density at radius 1 is 1.07 bits per heavy atom. The zero-order chi connectivity index (χ0) is 20.2. The van der Waals surface area contributed by atoms with E-state index in [2.05, 4.69) is 0 Å². The minimum absolute atomic E-state index is 0.218. The van der Waals surface area contributed by atoms with Crippen LogP contribution in [-0.2, 0) is 9.84 Å². The van der Waals surface area contributed by atoms with Gasteiger partial charge in [0, 0.05) is 11.3 Å². The number of benzene rings is 1. The van der Waals surface area contributed by atoms with Gasteiger partial charge in [0.25, 0.3) is 0 Å². The summed E-state index contributed by atoms with van der Waals surface area (Å²) in [5.74, 6) is -0.708. The maximum atomic E-state index is 13.1. The second-order valence-corrected chi connectivity index (χ2v) is 11.0. The van der Waals surface area contributed by atoms with Crippen molar-refractivity contribution < 1.29 is 23.7 Å². The molecule has 5 atom stereocenters. The number of rotatable bonds is 3. The maximum Gasteiger partial charge on any atom is 0.182 e. The van der Waals surface area contributed by atoms with E-state index in [4.69, 9.17) is 0 Å². The standard InChI is InChI=1S/C21H30O5S/c1-13-15(12-27(25,26)14-8-6-5-7-9-14)21(4)16(22)10-11-20(2,3)19(21)18(24)17(13)23/h5-9,16-19,22-24H,10-12H2,1-4H3/t16-,17-,18-,19+,21+/m1/s1. The molecule has 2 aliphatic carbocycles. The monoisotopic (exact) mass is 394 g/mol. The first-order chi connectivity index (χ1) is 12.4. The lowest BCUT2D eigenvalue weighted by Gasteiger charge is -2.59. The van der Waals surface area contributed by atoms with Crippen LogP contribution in [0.2, 0.25) is 0 Å². The maximum absolute atomic E-state index is 13.1. The number of sulfone groups is 1. The molecule has 27 heavy (non-hydrogen) atoms.